The van der Waals surface area contributed by atoms with Gasteiger partial charge in [-0.05, 0) is 37.5 Å². The normalized spacial score (nSPS) is 20.7. The Labute approximate surface area is 143 Å². The summed E-state index contributed by atoms with van der Waals surface area (Å²) in [6, 6.07) is 4.80. The largest absolute Gasteiger partial charge is 0.573 e. The van der Waals surface area contributed by atoms with Crippen LogP contribution in [-0.2, 0) is 9.53 Å². The van der Waals surface area contributed by atoms with Crippen molar-refractivity contribution in [3.63, 3.8) is 0 Å². The minimum Gasteiger partial charge on any atom is -0.469 e. The molecular weight excluding hydrogens is 339 g/mol. The second-order valence-corrected chi connectivity index (χ2v) is 6.03. The number of nitrogens with zero attached hydrogens (tertiary/aromatic N) is 1. The average Bonchev–Trinajstić information content (AvgIpc) is 2.58. The topological polar surface area (TPSA) is 55.8 Å². The second kappa shape index (κ2) is 7.76. The number of halogens is 3. The number of hydrogen-bond acceptors (Lipinski definition) is 4. The fourth-order valence-electron chi connectivity index (χ4n) is 3.09. The highest BCUT2D eigenvalue weighted by atomic mass is 19.4. The van der Waals surface area contributed by atoms with Gasteiger partial charge in [-0.3, -0.25) is 9.59 Å². The zero-order valence-electron chi connectivity index (χ0n) is 14.0. The van der Waals surface area contributed by atoms with Crippen molar-refractivity contribution in [2.45, 2.75) is 38.1 Å². The molecule has 0 heterocycles. The Morgan fingerprint density at radius 2 is 1.96 bits per heavy atom. The van der Waals surface area contributed by atoms with Gasteiger partial charge >= 0.3 is 12.3 Å². The number of alkyl halides is 3. The summed E-state index contributed by atoms with van der Waals surface area (Å²) in [5.74, 6) is -1.42. The lowest BCUT2D eigenvalue weighted by Gasteiger charge is -2.34. The summed E-state index contributed by atoms with van der Waals surface area (Å²) in [4.78, 5) is 25.8. The molecule has 0 aromatic heterocycles. The summed E-state index contributed by atoms with van der Waals surface area (Å²) in [7, 11) is 2.91. The van der Waals surface area contributed by atoms with E-state index in [9.17, 15) is 22.8 Å². The predicted molar refractivity (Wildman–Crippen MR) is 83.0 cm³/mol. The summed E-state index contributed by atoms with van der Waals surface area (Å²) in [6.07, 6.45) is -2.12. The zero-order chi connectivity index (χ0) is 18.6. The molecule has 0 unspecified atom stereocenters. The smallest absolute Gasteiger partial charge is 0.469 e. The Kier molecular flexibility index (Phi) is 5.92. The molecule has 5 nitrogen and oxygen atoms in total. The van der Waals surface area contributed by atoms with Crippen molar-refractivity contribution in [3.05, 3.63) is 29.8 Å². The predicted octanol–water partition coefficient (Wildman–Crippen LogP) is 3.39. The molecule has 1 aromatic carbocycles. The highest BCUT2D eigenvalue weighted by Gasteiger charge is 2.33. The molecular formula is C17H20F3NO4. The van der Waals surface area contributed by atoms with Gasteiger partial charge in [0.05, 0.1) is 13.0 Å². The van der Waals surface area contributed by atoms with Gasteiger partial charge in [0, 0.05) is 18.7 Å². The first kappa shape index (κ1) is 19.1. The lowest BCUT2D eigenvalue weighted by atomic mass is 9.85. The number of carbonyl (C=O) groups is 2. The Morgan fingerprint density at radius 3 is 2.60 bits per heavy atom. The minimum absolute atomic E-state index is 0.101. The van der Waals surface area contributed by atoms with E-state index in [1.807, 2.05) is 0 Å². The molecule has 1 aliphatic rings. The van der Waals surface area contributed by atoms with Crippen molar-refractivity contribution in [2.75, 3.05) is 14.2 Å². The van der Waals surface area contributed by atoms with Gasteiger partial charge in [-0.2, -0.15) is 0 Å². The van der Waals surface area contributed by atoms with Crippen LogP contribution >= 0.6 is 0 Å². The molecule has 8 heteroatoms. The number of benzene rings is 1. The van der Waals surface area contributed by atoms with E-state index in [4.69, 9.17) is 4.74 Å². The van der Waals surface area contributed by atoms with Gasteiger partial charge < -0.3 is 14.4 Å². The molecule has 1 aromatic rings. The minimum atomic E-state index is -4.81. The van der Waals surface area contributed by atoms with E-state index in [0.717, 1.165) is 25.0 Å². The van der Waals surface area contributed by atoms with Crippen LogP contribution in [0.3, 0.4) is 0 Å². The van der Waals surface area contributed by atoms with Crippen LogP contribution in [0.2, 0.25) is 0 Å². The number of amides is 1. The van der Waals surface area contributed by atoms with Crippen molar-refractivity contribution in [1.82, 2.24) is 4.90 Å². The number of ether oxygens (including phenoxy) is 2. The molecule has 1 saturated carbocycles. The number of hydrogen-bond donors (Lipinski definition) is 0. The summed E-state index contributed by atoms with van der Waals surface area (Å²) < 4.78 is 45.6. The lowest BCUT2D eigenvalue weighted by Crippen LogP contribution is -2.41. The molecule has 0 bridgehead atoms. The molecule has 2 rings (SSSR count). The van der Waals surface area contributed by atoms with Gasteiger partial charge in [-0.1, -0.05) is 12.5 Å². The van der Waals surface area contributed by atoms with Crippen LogP contribution in [0.15, 0.2) is 24.3 Å². The molecule has 0 radical (unpaired) electrons. The first-order valence-electron chi connectivity index (χ1n) is 7.92. The highest BCUT2D eigenvalue weighted by Crippen LogP contribution is 2.29. The molecule has 2 atom stereocenters. The van der Waals surface area contributed by atoms with Crippen LogP contribution < -0.4 is 4.74 Å². The average molecular weight is 359 g/mol. The van der Waals surface area contributed by atoms with E-state index in [-0.39, 0.29) is 23.5 Å². The highest BCUT2D eigenvalue weighted by molar-refractivity contribution is 5.94. The second-order valence-electron chi connectivity index (χ2n) is 6.03. The Morgan fingerprint density at radius 1 is 1.24 bits per heavy atom. The van der Waals surface area contributed by atoms with Crippen LogP contribution in [0, 0.1) is 5.92 Å². The molecule has 25 heavy (non-hydrogen) atoms. The number of rotatable bonds is 4. The Bertz CT molecular complexity index is 633. The van der Waals surface area contributed by atoms with Crippen molar-refractivity contribution >= 4 is 11.9 Å². The number of esters is 1. The summed E-state index contributed by atoms with van der Waals surface area (Å²) in [5.41, 5.74) is 0.101. The van der Waals surface area contributed by atoms with Crippen LogP contribution in [0.4, 0.5) is 13.2 Å². The van der Waals surface area contributed by atoms with Crippen LogP contribution in [0.25, 0.3) is 0 Å². The standard InChI is InChI=1S/C17H20F3NO4/c1-21(13-7-3-6-12(9-13)16(23)24-2)15(22)11-5-4-8-14(10-11)25-17(18,19)20/h4-5,8,10,12-13H,3,6-7,9H2,1-2H3/t12-,13+/m0/s1. The lowest BCUT2D eigenvalue weighted by molar-refractivity contribution is -0.274. The van der Waals surface area contributed by atoms with E-state index >= 15 is 0 Å². The van der Waals surface area contributed by atoms with E-state index in [1.54, 1.807) is 7.05 Å². The molecule has 1 amide bonds. The van der Waals surface area contributed by atoms with E-state index < -0.39 is 18.0 Å². The maximum Gasteiger partial charge on any atom is 0.573 e. The number of methoxy groups -OCH3 is 1. The van der Waals surface area contributed by atoms with Crippen LogP contribution in [0.5, 0.6) is 5.75 Å². The summed E-state index contributed by atoms with van der Waals surface area (Å²) in [6.45, 7) is 0. The fourth-order valence-corrected chi connectivity index (χ4v) is 3.09. The monoisotopic (exact) mass is 359 g/mol. The van der Waals surface area contributed by atoms with Gasteiger partial charge in [-0.25, -0.2) is 0 Å². The molecule has 138 valence electrons. The van der Waals surface area contributed by atoms with Gasteiger partial charge in [-0.15, -0.1) is 13.2 Å². The summed E-state index contributed by atoms with van der Waals surface area (Å²) >= 11 is 0. The zero-order valence-corrected chi connectivity index (χ0v) is 14.0. The number of carbonyl (C=O) groups excluding carboxylic acids is 2. The van der Waals surface area contributed by atoms with E-state index in [2.05, 4.69) is 4.74 Å². The van der Waals surface area contributed by atoms with Gasteiger partial charge in [0.2, 0.25) is 0 Å². The van der Waals surface area contributed by atoms with Crippen LogP contribution in [-0.4, -0.2) is 43.3 Å². The molecule has 0 N–H and O–H groups in total. The van der Waals surface area contributed by atoms with Gasteiger partial charge in [0.1, 0.15) is 5.75 Å². The fraction of sp³-hybridized carbons (Fsp3) is 0.529. The van der Waals surface area contributed by atoms with E-state index in [1.165, 1.54) is 24.1 Å². The van der Waals surface area contributed by atoms with Crippen molar-refractivity contribution in [1.29, 1.82) is 0 Å². The maximum atomic E-state index is 12.6. The Balaban J connectivity index is 2.09. The Hall–Kier alpha value is -2.25. The van der Waals surface area contributed by atoms with Crippen molar-refractivity contribution < 1.29 is 32.2 Å². The molecule has 1 aliphatic carbocycles. The third kappa shape index (κ3) is 5.11. The van der Waals surface area contributed by atoms with Crippen molar-refractivity contribution in [2.24, 2.45) is 5.92 Å². The summed E-state index contributed by atoms with van der Waals surface area (Å²) in [5, 5.41) is 0. The molecule has 1 fully saturated rings. The first-order chi connectivity index (χ1) is 11.7. The molecule has 0 spiro atoms. The SMILES string of the molecule is COC(=O)[C@H]1CCC[C@@H](N(C)C(=O)c2cccc(OC(F)(F)F)c2)C1. The maximum absolute atomic E-state index is 12.6. The van der Waals surface area contributed by atoms with Crippen molar-refractivity contribution in [3.8, 4) is 5.75 Å². The first-order valence-corrected chi connectivity index (χ1v) is 7.92. The molecule has 0 aliphatic heterocycles. The van der Waals surface area contributed by atoms with Crippen LogP contribution in [0.1, 0.15) is 36.0 Å². The van der Waals surface area contributed by atoms with Gasteiger partial charge in [0.15, 0.2) is 0 Å². The van der Waals surface area contributed by atoms with E-state index in [0.29, 0.717) is 12.8 Å². The van der Waals surface area contributed by atoms with Gasteiger partial charge in [0.25, 0.3) is 5.91 Å². The third-order valence-corrected chi connectivity index (χ3v) is 4.36. The quantitative estimate of drug-likeness (QED) is 0.774. The molecule has 0 saturated heterocycles. The third-order valence-electron chi connectivity index (χ3n) is 4.36.